The van der Waals surface area contributed by atoms with E-state index in [2.05, 4.69) is 31.9 Å². The molecule has 2 unspecified atom stereocenters. The zero-order valence-corrected chi connectivity index (χ0v) is 12.9. The number of rotatable bonds is 4. The lowest BCUT2D eigenvalue weighted by Crippen LogP contribution is -2.52. The van der Waals surface area contributed by atoms with Crippen LogP contribution in [0.1, 0.15) is 39.0 Å². The van der Waals surface area contributed by atoms with Crippen molar-refractivity contribution in [1.82, 2.24) is 0 Å². The molecule has 0 aromatic rings. The van der Waals surface area contributed by atoms with Crippen molar-refractivity contribution < 1.29 is 17.9 Å². The molecule has 1 saturated carbocycles. The summed E-state index contributed by atoms with van der Waals surface area (Å²) in [6.07, 6.45) is 0.347. The highest BCUT2D eigenvalue weighted by Crippen LogP contribution is 2.49. The van der Waals surface area contributed by atoms with Crippen LogP contribution in [0.25, 0.3) is 0 Å². The van der Waals surface area contributed by atoms with Gasteiger partial charge in [0, 0.05) is 6.61 Å². The first-order valence-electron chi connectivity index (χ1n) is 5.86. The summed E-state index contributed by atoms with van der Waals surface area (Å²) in [6.45, 7) is 1.60. The third kappa shape index (κ3) is 3.60. The molecule has 0 amide bonds. The molecule has 0 aliphatic heterocycles. The summed E-state index contributed by atoms with van der Waals surface area (Å²) < 4.78 is 42.0. The van der Waals surface area contributed by atoms with Gasteiger partial charge in [0.25, 0.3) is 0 Å². The molecule has 0 bridgehead atoms. The lowest BCUT2D eigenvalue weighted by atomic mass is 9.85. The molecule has 17 heavy (non-hydrogen) atoms. The molecule has 1 nitrogen and oxygen atoms in total. The van der Waals surface area contributed by atoms with E-state index in [0.29, 0.717) is 0 Å². The van der Waals surface area contributed by atoms with Gasteiger partial charge >= 0.3 is 6.18 Å². The number of alkyl halides is 5. The minimum atomic E-state index is -4.42. The van der Waals surface area contributed by atoms with E-state index in [-0.39, 0.29) is 12.5 Å². The van der Waals surface area contributed by atoms with Crippen LogP contribution >= 0.6 is 31.9 Å². The van der Waals surface area contributed by atoms with Crippen LogP contribution in [-0.2, 0) is 4.74 Å². The molecule has 0 spiro atoms. The monoisotopic (exact) mass is 380 g/mol. The zero-order chi connectivity index (χ0) is 13.1. The first-order chi connectivity index (χ1) is 7.83. The summed E-state index contributed by atoms with van der Waals surface area (Å²) in [5, 5.41) is 0. The highest BCUT2D eigenvalue weighted by atomic mass is 79.9. The molecule has 102 valence electrons. The third-order valence-electron chi connectivity index (χ3n) is 3.16. The molecule has 0 aromatic heterocycles. The second-order valence-electron chi connectivity index (χ2n) is 4.38. The van der Waals surface area contributed by atoms with Gasteiger partial charge in [0.15, 0.2) is 0 Å². The van der Waals surface area contributed by atoms with Gasteiger partial charge in [0.1, 0.15) is 0 Å². The molecule has 1 aliphatic rings. The van der Waals surface area contributed by atoms with Gasteiger partial charge in [-0.05, 0) is 41.6 Å². The van der Waals surface area contributed by atoms with E-state index >= 15 is 0 Å². The van der Waals surface area contributed by atoms with E-state index < -0.39 is 15.5 Å². The molecule has 1 aliphatic carbocycles. The topological polar surface area (TPSA) is 9.23 Å². The van der Waals surface area contributed by atoms with Crippen molar-refractivity contribution in [1.29, 1.82) is 0 Å². The van der Waals surface area contributed by atoms with Crippen LogP contribution in [0.4, 0.5) is 13.2 Å². The highest BCUT2D eigenvalue weighted by molar-refractivity contribution is 9.12. The Balaban J connectivity index is 2.81. The normalized spacial score (nSPS) is 24.4. The Bertz CT molecular complexity index is 241. The number of hydrogen-bond acceptors (Lipinski definition) is 1. The molecular weight excluding hydrogens is 365 g/mol. The summed E-state index contributed by atoms with van der Waals surface area (Å²) in [4.78, 5) is -0.741. The fraction of sp³-hybridized carbons (Fsp3) is 1.00. The summed E-state index contributed by atoms with van der Waals surface area (Å²) >= 11 is 5.98. The van der Waals surface area contributed by atoms with E-state index in [1.165, 1.54) is 0 Å². The fourth-order valence-electron chi connectivity index (χ4n) is 2.26. The Morgan fingerprint density at radius 2 is 1.76 bits per heavy atom. The van der Waals surface area contributed by atoms with Gasteiger partial charge in [-0.15, -0.1) is 0 Å². The highest BCUT2D eigenvalue weighted by Gasteiger charge is 2.60. The maximum absolute atomic E-state index is 13.1. The van der Waals surface area contributed by atoms with Gasteiger partial charge in [0.2, 0.25) is 4.51 Å². The van der Waals surface area contributed by atoms with Crippen LogP contribution in [0.2, 0.25) is 0 Å². The molecule has 0 radical (unpaired) electrons. The minimum absolute atomic E-state index is 0.0105. The molecule has 0 saturated heterocycles. The summed E-state index contributed by atoms with van der Waals surface area (Å²) in [7, 11) is 0. The quantitative estimate of drug-likeness (QED) is 0.621. The average molecular weight is 382 g/mol. The van der Waals surface area contributed by atoms with E-state index in [4.69, 9.17) is 4.74 Å². The lowest BCUT2D eigenvalue weighted by Gasteiger charge is -2.39. The molecular formula is C11H17Br2F3O. The van der Waals surface area contributed by atoms with Gasteiger partial charge in [-0.1, -0.05) is 35.2 Å². The van der Waals surface area contributed by atoms with Crippen molar-refractivity contribution in [2.75, 3.05) is 6.61 Å². The Kier molecular flexibility index (Phi) is 5.79. The van der Waals surface area contributed by atoms with E-state index in [9.17, 15) is 13.2 Å². The second kappa shape index (κ2) is 6.24. The first-order valence-corrected chi connectivity index (χ1v) is 7.57. The lowest BCUT2D eigenvalue weighted by molar-refractivity contribution is -0.235. The minimum Gasteiger partial charge on any atom is -0.354 e. The van der Waals surface area contributed by atoms with Crippen molar-refractivity contribution >= 4 is 31.9 Å². The van der Waals surface area contributed by atoms with Crippen LogP contribution in [0, 0.1) is 5.92 Å². The molecule has 2 atom stereocenters. The zero-order valence-electron chi connectivity index (χ0n) is 9.70. The van der Waals surface area contributed by atoms with Crippen molar-refractivity contribution in [3.63, 3.8) is 0 Å². The van der Waals surface area contributed by atoms with Crippen LogP contribution in [-0.4, -0.2) is 22.1 Å². The van der Waals surface area contributed by atoms with E-state index in [1.807, 2.05) is 0 Å². The van der Waals surface area contributed by atoms with Crippen LogP contribution < -0.4 is 0 Å². The van der Waals surface area contributed by atoms with Gasteiger partial charge < -0.3 is 4.74 Å². The molecule has 1 rings (SSSR count). The molecule has 0 heterocycles. The van der Waals surface area contributed by atoms with E-state index in [0.717, 1.165) is 32.1 Å². The maximum Gasteiger partial charge on any atom is 0.428 e. The van der Waals surface area contributed by atoms with Crippen molar-refractivity contribution in [2.24, 2.45) is 5.92 Å². The Labute approximate surface area is 117 Å². The standard InChI is InChI=1S/C11H17Br2F3O/c1-2-17-10(13,11(14,15)16)9(12)8-6-4-3-5-7-8/h8-9H,2-7H2,1H3. The van der Waals surface area contributed by atoms with Gasteiger partial charge in [-0.2, -0.15) is 13.2 Å². The Morgan fingerprint density at radius 1 is 1.24 bits per heavy atom. The van der Waals surface area contributed by atoms with E-state index in [1.54, 1.807) is 6.92 Å². The largest absolute Gasteiger partial charge is 0.428 e. The Hall–Kier alpha value is 0.710. The summed E-state index contributed by atoms with van der Waals surface area (Å²) in [5.41, 5.74) is 0. The van der Waals surface area contributed by atoms with Gasteiger partial charge in [-0.3, -0.25) is 0 Å². The second-order valence-corrected chi connectivity index (χ2v) is 6.54. The van der Waals surface area contributed by atoms with Gasteiger partial charge in [-0.25, -0.2) is 0 Å². The predicted octanol–water partition coefficient (Wildman–Crippen LogP) is 5.02. The third-order valence-corrected chi connectivity index (χ3v) is 6.34. The average Bonchev–Trinajstić information content (AvgIpc) is 2.28. The fourth-order valence-corrected chi connectivity index (χ4v) is 3.78. The summed E-state index contributed by atoms with van der Waals surface area (Å²) in [6, 6.07) is 0. The van der Waals surface area contributed by atoms with Crippen molar-refractivity contribution in [3.05, 3.63) is 0 Å². The Morgan fingerprint density at radius 3 is 2.18 bits per heavy atom. The van der Waals surface area contributed by atoms with Crippen LogP contribution in [0.15, 0.2) is 0 Å². The SMILES string of the molecule is CCOC(Br)(C(Br)C1CCCCC1)C(F)(F)F. The molecule has 6 heteroatoms. The predicted molar refractivity (Wildman–Crippen MR) is 68.6 cm³/mol. The van der Waals surface area contributed by atoms with Crippen LogP contribution in [0.5, 0.6) is 0 Å². The molecule has 1 fully saturated rings. The van der Waals surface area contributed by atoms with Gasteiger partial charge in [0.05, 0.1) is 4.83 Å². The first kappa shape index (κ1) is 15.8. The van der Waals surface area contributed by atoms with Crippen molar-refractivity contribution in [2.45, 2.75) is 54.5 Å². The molecule has 0 aromatic carbocycles. The smallest absolute Gasteiger partial charge is 0.354 e. The number of halogens is 5. The van der Waals surface area contributed by atoms with Crippen LogP contribution in [0.3, 0.4) is 0 Å². The summed E-state index contributed by atoms with van der Waals surface area (Å²) in [5.74, 6) is 0.0105. The van der Waals surface area contributed by atoms with Crippen molar-refractivity contribution in [3.8, 4) is 0 Å². The maximum atomic E-state index is 13.1. The molecule has 0 N–H and O–H groups in total. The number of ether oxygens (including phenoxy) is 1. The number of hydrogen-bond donors (Lipinski definition) is 0.